The lowest BCUT2D eigenvalue weighted by Gasteiger charge is -2.71. The van der Waals surface area contributed by atoms with E-state index in [1.165, 1.54) is 19.4 Å². The van der Waals surface area contributed by atoms with Crippen LogP contribution in [0.25, 0.3) is 0 Å². The highest BCUT2D eigenvalue weighted by Crippen LogP contribution is 2.76. The molecule has 6 saturated heterocycles. The van der Waals surface area contributed by atoms with Crippen molar-refractivity contribution in [3.8, 4) is 0 Å². The van der Waals surface area contributed by atoms with Gasteiger partial charge in [0, 0.05) is 0 Å². The molecule has 0 aromatic heterocycles. The molecule has 11 aliphatic rings. The molecule has 11 rings (SSSR count). The molecule has 4 saturated carbocycles. The predicted octanol–water partition coefficient (Wildman–Crippen LogP) is -4.33. The second-order valence-electron chi connectivity index (χ2n) is 31.9. The van der Waals surface area contributed by atoms with Gasteiger partial charge in [-0.25, -0.2) is 0 Å². The fraction of sp³-hybridized carbons (Fsp3) is 0.955. The van der Waals surface area contributed by atoms with Crippen LogP contribution in [0.1, 0.15) is 127 Å². The number of aliphatic hydroxyl groups excluding tert-OH is 18. The first-order chi connectivity index (χ1) is 45.4. The van der Waals surface area contributed by atoms with Gasteiger partial charge in [-0.2, -0.15) is 0 Å². The number of rotatable bonds is 16. The highest BCUT2D eigenvalue weighted by molar-refractivity contribution is 5.79. The van der Waals surface area contributed by atoms with Crippen LogP contribution in [0.15, 0.2) is 11.6 Å². The Hall–Kier alpha value is -1.95. The van der Waals surface area contributed by atoms with Crippen LogP contribution in [0.5, 0.6) is 0 Å². The zero-order valence-electron chi connectivity index (χ0n) is 56.5. The smallest absolute Gasteiger partial charge is 0.315 e. The van der Waals surface area contributed by atoms with E-state index in [2.05, 4.69) is 54.5 Å². The number of ether oxygens (including phenoxy) is 12. The molecule has 0 bridgehead atoms. The predicted molar refractivity (Wildman–Crippen MR) is 325 cm³/mol. The van der Waals surface area contributed by atoms with Crippen LogP contribution in [0.2, 0.25) is 0 Å². The zero-order valence-corrected chi connectivity index (χ0v) is 56.5. The first-order valence-corrected chi connectivity index (χ1v) is 34.6. The van der Waals surface area contributed by atoms with Crippen molar-refractivity contribution >= 4 is 5.97 Å². The number of allylic oxidation sites excluding steroid dienone is 2. The normalized spacial score (nSPS) is 54.5. The molecular weight excluding hydrogens is 1290 g/mol. The number of fused-ring (bicyclic) bond motifs is 7. The van der Waals surface area contributed by atoms with E-state index < -0.39 is 239 Å². The lowest BCUT2D eigenvalue weighted by molar-refractivity contribution is -0.375. The summed E-state index contributed by atoms with van der Waals surface area (Å²) in [6.07, 6.45) is -41.0. The van der Waals surface area contributed by atoms with Gasteiger partial charge < -0.3 is 149 Å². The Morgan fingerprint density at radius 2 is 0.948 bits per heavy atom. The fourth-order valence-corrected chi connectivity index (χ4v) is 19.3. The molecule has 0 aromatic rings. The molecule has 6 heterocycles. The molecule has 18 N–H and O–H groups in total. The number of hydrogen-bond donors (Lipinski definition) is 18. The molecule has 31 heteroatoms. The van der Waals surface area contributed by atoms with E-state index >= 15 is 4.79 Å². The summed E-state index contributed by atoms with van der Waals surface area (Å²) in [5, 5.41) is 196. The van der Waals surface area contributed by atoms with Gasteiger partial charge in [0.1, 0.15) is 134 Å². The van der Waals surface area contributed by atoms with Crippen LogP contribution in [-0.4, -0.2) is 315 Å². The molecule has 558 valence electrons. The Morgan fingerprint density at radius 1 is 0.454 bits per heavy atom. The number of carbonyl (C=O) groups is 1. The Balaban J connectivity index is 0.734. The standard InChI is InChI=1S/C66H108O31/c1-25-36(70)40(74)45(79)55(87-25)94-51-26(2)88-54(48(82)43(51)77)86-24-32-38(72)42(76)47(81)58(92-32)95-52-31(23-69)91-56(49(83)44(52)78)93-35-13-14-63(7)33(62(35,5)6)12-15-65(9)34(63)11-10-27-28-20-61(3,4)16-18-66(28,19-17-64(27,65)8)60(85)97-59-50(84)53(39(73)30(22-68)90-59)96-57-46(80)41(75)37(71)29(21-67)89-57/h10,25-26,28-59,67-84H,11-24H2,1-9H3/t25-,26-,28?,29-,30-,31-,32-,33?,34?,35+,36-,37-,38+,39-,40+,41+,42+,43-,44-,45-,46-,47-,48-,49-,50-,51-,52-,53+,54+,55-,56+,57+,58+,59+,63+,64-,65-,66+/m1/s1. The van der Waals surface area contributed by atoms with E-state index in [1.54, 1.807) is 0 Å². The summed E-state index contributed by atoms with van der Waals surface area (Å²) >= 11 is 0. The molecule has 10 fully saturated rings. The Morgan fingerprint density at radius 3 is 1.59 bits per heavy atom. The summed E-state index contributed by atoms with van der Waals surface area (Å²) in [5.41, 5.74) is -1.55. The van der Waals surface area contributed by atoms with Crippen LogP contribution in [0, 0.1) is 50.2 Å². The largest absolute Gasteiger partial charge is 0.432 e. The van der Waals surface area contributed by atoms with Gasteiger partial charge in [-0.05, 0) is 123 Å². The minimum absolute atomic E-state index is 0.0671. The number of carbonyl (C=O) groups excluding carboxylic acids is 1. The van der Waals surface area contributed by atoms with Crippen molar-refractivity contribution in [3.05, 3.63) is 11.6 Å². The maximum absolute atomic E-state index is 15.3. The Labute approximate surface area is 563 Å². The first kappa shape index (κ1) is 76.2. The van der Waals surface area contributed by atoms with Crippen LogP contribution in [0.4, 0.5) is 0 Å². The van der Waals surface area contributed by atoms with Crippen molar-refractivity contribution in [2.45, 2.75) is 317 Å². The van der Waals surface area contributed by atoms with Crippen molar-refractivity contribution in [1.82, 2.24) is 0 Å². The lowest BCUT2D eigenvalue weighted by Crippen LogP contribution is -2.67. The first-order valence-electron chi connectivity index (χ1n) is 34.6. The highest BCUT2D eigenvalue weighted by atomic mass is 16.8. The summed E-state index contributed by atoms with van der Waals surface area (Å²) < 4.78 is 71.0. The monoisotopic (exact) mass is 1400 g/mol. The molecule has 0 aromatic carbocycles. The van der Waals surface area contributed by atoms with Gasteiger partial charge in [-0.3, -0.25) is 4.79 Å². The summed E-state index contributed by atoms with van der Waals surface area (Å²) in [6, 6.07) is 0. The lowest BCUT2D eigenvalue weighted by atomic mass is 9.33. The molecule has 31 nitrogen and oxygen atoms in total. The maximum Gasteiger partial charge on any atom is 0.315 e. The third-order valence-electron chi connectivity index (χ3n) is 25.5. The highest BCUT2D eigenvalue weighted by Gasteiger charge is 2.71. The van der Waals surface area contributed by atoms with Gasteiger partial charge in [-0.1, -0.05) is 60.1 Å². The van der Waals surface area contributed by atoms with E-state index in [4.69, 9.17) is 56.8 Å². The van der Waals surface area contributed by atoms with Crippen LogP contribution in [0.3, 0.4) is 0 Å². The summed E-state index contributed by atoms with van der Waals surface area (Å²) in [5.74, 6) is -0.676. The van der Waals surface area contributed by atoms with Crippen molar-refractivity contribution in [3.63, 3.8) is 0 Å². The van der Waals surface area contributed by atoms with Gasteiger partial charge in [0.05, 0.1) is 50.2 Å². The van der Waals surface area contributed by atoms with Crippen molar-refractivity contribution in [2.75, 3.05) is 26.4 Å². The molecule has 0 amide bonds. The number of esters is 1. The van der Waals surface area contributed by atoms with Gasteiger partial charge in [0.2, 0.25) is 6.29 Å². The van der Waals surface area contributed by atoms with Gasteiger partial charge >= 0.3 is 5.97 Å². The second kappa shape index (κ2) is 28.5. The van der Waals surface area contributed by atoms with Crippen molar-refractivity contribution in [1.29, 1.82) is 0 Å². The number of hydrogen-bond acceptors (Lipinski definition) is 31. The third kappa shape index (κ3) is 13.2. The molecule has 3 unspecified atom stereocenters. The minimum atomic E-state index is -1.97. The summed E-state index contributed by atoms with van der Waals surface area (Å²) in [4.78, 5) is 15.3. The zero-order chi connectivity index (χ0) is 70.9. The Bertz CT molecular complexity index is 2730. The van der Waals surface area contributed by atoms with Crippen molar-refractivity contribution in [2.24, 2.45) is 50.2 Å². The molecule has 0 spiro atoms. The molecule has 6 aliphatic heterocycles. The van der Waals surface area contributed by atoms with Gasteiger partial charge in [0.15, 0.2) is 31.5 Å². The Kier molecular flexibility index (Phi) is 22.4. The quantitative estimate of drug-likeness (QED) is 0.0395. The second-order valence-corrected chi connectivity index (χ2v) is 31.9. The molecule has 0 radical (unpaired) electrons. The summed E-state index contributed by atoms with van der Waals surface area (Å²) in [7, 11) is 0. The molecule has 38 atom stereocenters. The van der Waals surface area contributed by atoms with Crippen LogP contribution in [-0.2, 0) is 61.6 Å². The van der Waals surface area contributed by atoms with E-state index in [0.717, 1.165) is 12.8 Å². The topological polar surface area (TPSA) is 492 Å². The molecule has 5 aliphatic carbocycles. The van der Waals surface area contributed by atoms with E-state index in [9.17, 15) is 91.9 Å². The van der Waals surface area contributed by atoms with E-state index in [0.29, 0.717) is 51.4 Å². The molecule has 97 heavy (non-hydrogen) atoms. The SMILES string of the molecule is C[C@H]1O[C@H](O[C@H]2[C@H](O)[C@@H](O)[C@@H](OC[C@H]3O[C@@H](O[C@H]4[C@H](O)[C@@H](O)[C@H](O[C@H]5CC[C@@]6(C)C(CC[C@]7(C)C6CC=C6C8CC(C)(C)CC[C@]8(C(=O)O[C@@H]8O[C@H](CO)[C@@H](O)[C@H](O[C@@H]9O[C@H](CO)[C@@H](O)[C@H](O)[C@H]9O)[C@H]8O)CC[C@]67C)C5(C)C)O[C@@H]4CO)[C@H](O)[C@@H](O)[C@H]3O)O[C@@H]2C)[C@H](O)[C@@H](O)[C@@H]1O. The molecular formula is C66H108O31. The fourth-order valence-electron chi connectivity index (χ4n) is 19.3. The number of aliphatic hydroxyl groups is 18. The minimum Gasteiger partial charge on any atom is -0.432 e. The third-order valence-corrected chi connectivity index (χ3v) is 25.5. The summed E-state index contributed by atoms with van der Waals surface area (Å²) in [6.45, 7) is 15.6. The van der Waals surface area contributed by atoms with E-state index in [1.807, 2.05) is 0 Å². The average Bonchev–Trinajstić information content (AvgIpc) is 0.675. The van der Waals surface area contributed by atoms with Gasteiger partial charge in [0.25, 0.3) is 0 Å². The van der Waals surface area contributed by atoms with Crippen LogP contribution < -0.4 is 0 Å². The maximum atomic E-state index is 15.3. The van der Waals surface area contributed by atoms with Crippen LogP contribution >= 0.6 is 0 Å². The average molecular weight is 1400 g/mol. The van der Waals surface area contributed by atoms with E-state index in [-0.39, 0.29) is 34.0 Å². The van der Waals surface area contributed by atoms with Gasteiger partial charge in [-0.15, -0.1) is 0 Å². The van der Waals surface area contributed by atoms with Crippen molar-refractivity contribution < 1.29 is 154 Å².